The van der Waals surface area contributed by atoms with Crippen molar-refractivity contribution < 1.29 is 0 Å². The van der Waals surface area contributed by atoms with Crippen LogP contribution in [-0.2, 0) is 6.54 Å². The molecular formula is C14H16BrN3. The van der Waals surface area contributed by atoms with Crippen LogP contribution in [0, 0.1) is 6.92 Å². The molecule has 1 heterocycles. The van der Waals surface area contributed by atoms with Crippen molar-refractivity contribution in [3.05, 3.63) is 58.1 Å². The molecule has 2 rings (SSSR count). The number of nitrogens with zero attached hydrogens (tertiary/aromatic N) is 2. The first kappa shape index (κ1) is 13.2. The second-order valence-corrected chi connectivity index (χ2v) is 5.18. The second kappa shape index (κ2) is 6.07. The molecule has 1 aromatic carbocycles. The molecule has 2 aromatic rings. The minimum Gasteiger partial charge on any atom is -0.305 e. The number of benzene rings is 1. The molecule has 0 aliphatic heterocycles. The largest absolute Gasteiger partial charge is 0.305 e. The average Bonchev–Trinajstić information content (AvgIpc) is 2.37. The van der Waals surface area contributed by atoms with Gasteiger partial charge >= 0.3 is 0 Å². The standard InChI is InChI=1S/C14H16BrN3/c1-10-14(17-7-6-16-10)11(2)18-9-12-4-3-5-13(15)8-12/h3-8,11,18H,9H2,1-2H3/t11-/m0/s1. The summed E-state index contributed by atoms with van der Waals surface area (Å²) in [6.07, 6.45) is 3.46. The van der Waals surface area contributed by atoms with Gasteiger partial charge in [-0.25, -0.2) is 0 Å². The van der Waals surface area contributed by atoms with E-state index in [-0.39, 0.29) is 6.04 Å². The Labute approximate surface area is 116 Å². The number of aromatic nitrogens is 2. The van der Waals surface area contributed by atoms with Gasteiger partial charge in [-0.1, -0.05) is 28.1 Å². The molecule has 0 aliphatic carbocycles. The molecule has 94 valence electrons. The SMILES string of the molecule is Cc1nccnc1[C@H](C)NCc1cccc(Br)c1. The molecule has 0 saturated carbocycles. The smallest absolute Gasteiger partial charge is 0.0782 e. The zero-order valence-electron chi connectivity index (χ0n) is 10.5. The predicted molar refractivity (Wildman–Crippen MR) is 76.2 cm³/mol. The zero-order chi connectivity index (χ0) is 13.0. The van der Waals surface area contributed by atoms with Crippen molar-refractivity contribution in [3.8, 4) is 0 Å². The zero-order valence-corrected chi connectivity index (χ0v) is 12.1. The molecule has 1 atom stereocenters. The van der Waals surface area contributed by atoms with E-state index in [2.05, 4.69) is 50.3 Å². The average molecular weight is 306 g/mol. The summed E-state index contributed by atoms with van der Waals surface area (Å²) in [5.41, 5.74) is 3.23. The Bertz CT molecular complexity index is 528. The summed E-state index contributed by atoms with van der Waals surface area (Å²) in [5.74, 6) is 0. The van der Waals surface area contributed by atoms with E-state index in [0.29, 0.717) is 0 Å². The second-order valence-electron chi connectivity index (χ2n) is 4.26. The van der Waals surface area contributed by atoms with Crippen molar-refractivity contribution in [2.75, 3.05) is 0 Å². The number of hydrogen-bond acceptors (Lipinski definition) is 3. The van der Waals surface area contributed by atoms with E-state index >= 15 is 0 Å². The van der Waals surface area contributed by atoms with E-state index in [1.54, 1.807) is 12.4 Å². The molecule has 0 aliphatic rings. The molecular weight excluding hydrogens is 290 g/mol. The quantitative estimate of drug-likeness (QED) is 0.941. The fraction of sp³-hybridized carbons (Fsp3) is 0.286. The number of aryl methyl sites for hydroxylation is 1. The lowest BCUT2D eigenvalue weighted by molar-refractivity contribution is 0.555. The van der Waals surface area contributed by atoms with Crippen LogP contribution in [0.5, 0.6) is 0 Å². The Kier molecular flexibility index (Phi) is 4.44. The van der Waals surface area contributed by atoms with Gasteiger partial charge in [0.1, 0.15) is 0 Å². The molecule has 1 aromatic heterocycles. The van der Waals surface area contributed by atoms with Gasteiger partial charge in [-0.05, 0) is 31.5 Å². The first-order valence-corrected chi connectivity index (χ1v) is 6.71. The minimum atomic E-state index is 0.192. The van der Waals surface area contributed by atoms with E-state index in [0.717, 1.165) is 22.4 Å². The van der Waals surface area contributed by atoms with Gasteiger partial charge < -0.3 is 5.32 Å². The minimum absolute atomic E-state index is 0.192. The third-order valence-electron chi connectivity index (χ3n) is 2.83. The van der Waals surface area contributed by atoms with Gasteiger partial charge in [-0.3, -0.25) is 9.97 Å². The molecule has 18 heavy (non-hydrogen) atoms. The fourth-order valence-electron chi connectivity index (χ4n) is 1.86. The maximum atomic E-state index is 4.37. The first-order chi connectivity index (χ1) is 8.66. The van der Waals surface area contributed by atoms with Gasteiger partial charge in [0.2, 0.25) is 0 Å². The van der Waals surface area contributed by atoms with Crippen LogP contribution in [-0.4, -0.2) is 9.97 Å². The summed E-state index contributed by atoms with van der Waals surface area (Å²) in [7, 11) is 0. The lowest BCUT2D eigenvalue weighted by atomic mass is 10.1. The summed E-state index contributed by atoms with van der Waals surface area (Å²) >= 11 is 3.48. The summed E-state index contributed by atoms with van der Waals surface area (Å²) in [6, 6.07) is 8.48. The molecule has 0 bridgehead atoms. The highest BCUT2D eigenvalue weighted by atomic mass is 79.9. The van der Waals surface area contributed by atoms with Crippen molar-refractivity contribution in [1.82, 2.24) is 15.3 Å². The maximum absolute atomic E-state index is 4.37. The summed E-state index contributed by atoms with van der Waals surface area (Å²) in [6.45, 7) is 4.91. The third-order valence-corrected chi connectivity index (χ3v) is 3.32. The predicted octanol–water partition coefficient (Wildman–Crippen LogP) is 3.40. The van der Waals surface area contributed by atoms with Crippen LogP contribution in [0.1, 0.15) is 29.9 Å². The van der Waals surface area contributed by atoms with E-state index in [4.69, 9.17) is 0 Å². The maximum Gasteiger partial charge on any atom is 0.0782 e. The van der Waals surface area contributed by atoms with Crippen LogP contribution < -0.4 is 5.32 Å². The number of halogens is 1. The Morgan fingerprint density at radius 3 is 2.78 bits per heavy atom. The van der Waals surface area contributed by atoms with Crippen molar-refractivity contribution in [3.63, 3.8) is 0 Å². The first-order valence-electron chi connectivity index (χ1n) is 5.92. The molecule has 1 N–H and O–H groups in total. The summed E-state index contributed by atoms with van der Waals surface area (Å²) in [5, 5.41) is 3.46. The number of nitrogens with one attached hydrogen (secondary N) is 1. The van der Waals surface area contributed by atoms with Gasteiger partial charge in [0.15, 0.2) is 0 Å². The van der Waals surface area contributed by atoms with Crippen LogP contribution >= 0.6 is 15.9 Å². The van der Waals surface area contributed by atoms with Crippen LogP contribution in [0.3, 0.4) is 0 Å². The molecule has 0 unspecified atom stereocenters. The molecule has 0 amide bonds. The topological polar surface area (TPSA) is 37.8 Å². The van der Waals surface area contributed by atoms with Crippen LogP contribution in [0.25, 0.3) is 0 Å². The van der Waals surface area contributed by atoms with Gasteiger partial charge in [0.05, 0.1) is 11.4 Å². The van der Waals surface area contributed by atoms with Crippen molar-refractivity contribution in [2.24, 2.45) is 0 Å². The van der Waals surface area contributed by atoms with Gasteiger partial charge in [0, 0.05) is 29.5 Å². The highest BCUT2D eigenvalue weighted by Crippen LogP contribution is 2.15. The molecule has 0 spiro atoms. The monoisotopic (exact) mass is 305 g/mol. The number of rotatable bonds is 4. The molecule has 4 heteroatoms. The van der Waals surface area contributed by atoms with Crippen LogP contribution in [0.4, 0.5) is 0 Å². The summed E-state index contributed by atoms with van der Waals surface area (Å²) < 4.78 is 1.10. The Morgan fingerprint density at radius 1 is 1.28 bits per heavy atom. The lowest BCUT2D eigenvalue weighted by Crippen LogP contribution is -2.20. The third kappa shape index (κ3) is 3.37. The van der Waals surface area contributed by atoms with Crippen LogP contribution in [0.2, 0.25) is 0 Å². The van der Waals surface area contributed by atoms with Crippen molar-refractivity contribution in [1.29, 1.82) is 0 Å². The molecule has 0 radical (unpaired) electrons. The van der Waals surface area contributed by atoms with E-state index in [9.17, 15) is 0 Å². The normalized spacial score (nSPS) is 12.4. The molecule has 0 fully saturated rings. The molecule has 0 saturated heterocycles. The fourth-order valence-corrected chi connectivity index (χ4v) is 2.30. The summed E-state index contributed by atoms with van der Waals surface area (Å²) in [4.78, 5) is 8.63. The highest BCUT2D eigenvalue weighted by Gasteiger charge is 2.09. The van der Waals surface area contributed by atoms with E-state index < -0.39 is 0 Å². The number of hydrogen-bond donors (Lipinski definition) is 1. The lowest BCUT2D eigenvalue weighted by Gasteiger charge is -2.14. The van der Waals surface area contributed by atoms with Crippen LogP contribution in [0.15, 0.2) is 41.1 Å². The Hall–Kier alpha value is -1.26. The van der Waals surface area contributed by atoms with Gasteiger partial charge in [0.25, 0.3) is 0 Å². The van der Waals surface area contributed by atoms with Crippen molar-refractivity contribution in [2.45, 2.75) is 26.4 Å². The Morgan fingerprint density at radius 2 is 2.06 bits per heavy atom. The van der Waals surface area contributed by atoms with Gasteiger partial charge in [-0.15, -0.1) is 0 Å². The van der Waals surface area contributed by atoms with Gasteiger partial charge in [-0.2, -0.15) is 0 Å². The van der Waals surface area contributed by atoms with E-state index in [1.165, 1.54) is 5.56 Å². The van der Waals surface area contributed by atoms with E-state index in [1.807, 2.05) is 19.1 Å². The Balaban J connectivity index is 2.00. The van der Waals surface area contributed by atoms with Crippen molar-refractivity contribution >= 4 is 15.9 Å². The molecule has 3 nitrogen and oxygen atoms in total. The highest BCUT2D eigenvalue weighted by molar-refractivity contribution is 9.10.